The Hall–Kier alpha value is -1.22. The lowest BCUT2D eigenvalue weighted by atomic mass is 10.1. The maximum Gasteiger partial charge on any atom is 0.191 e. The number of aliphatic imine (C=N–C) groups is 1. The SMILES string of the molecule is COc1cc(OC)cc(C(O)CNC2=NCCCN2)c1.I. The highest BCUT2D eigenvalue weighted by atomic mass is 127. The molecule has 6 nitrogen and oxygen atoms in total. The number of hydrogen-bond acceptors (Lipinski definition) is 6. The van der Waals surface area contributed by atoms with Crippen molar-refractivity contribution >= 4 is 29.9 Å². The third-order valence-electron chi connectivity index (χ3n) is 3.12. The number of nitrogens with zero attached hydrogens (tertiary/aromatic N) is 1. The van der Waals surface area contributed by atoms with Gasteiger partial charge in [-0.05, 0) is 24.1 Å². The normalized spacial score (nSPS) is 15.1. The molecule has 7 heteroatoms. The lowest BCUT2D eigenvalue weighted by molar-refractivity contribution is 0.180. The zero-order valence-corrected chi connectivity index (χ0v) is 14.6. The molecule has 0 bridgehead atoms. The van der Waals surface area contributed by atoms with Crippen molar-refractivity contribution in [2.75, 3.05) is 33.9 Å². The van der Waals surface area contributed by atoms with E-state index in [2.05, 4.69) is 15.6 Å². The lowest BCUT2D eigenvalue weighted by Crippen LogP contribution is -2.42. The quantitative estimate of drug-likeness (QED) is 0.642. The Labute approximate surface area is 142 Å². The monoisotopic (exact) mass is 407 g/mol. The third-order valence-corrected chi connectivity index (χ3v) is 3.12. The number of aliphatic hydroxyl groups excluding tert-OH is 1. The fourth-order valence-electron chi connectivity index (χ4n) is 1.98. The highest BCUT2D eigenvalue weighted by Gasteiger charge is 2.12. The molecule has 0 amide bonds. The van der Waals surface area contributed by atoms with E-state index in [1.54, 1.807) is 32.4 Å². The van der Waals surface area contributed by atoms with Crippen molar-refractivity contribution in [2.45, 2.75) is 12.5 Å². The zero-order chi connectivity index (χ0) is 14.4. The Morgan fingerprint density at radius 3 is 2.48 bits per heavy atom. The van der Waals surface area contributed by atoms with Crippen LogP contribution >= 0.6 is 24.0 Å². The first kappa shape index (κ1) is 17.8. The van der Waals surface area contributed by atoms with Crippen molar-refractivity contribution in [3.8, 4) is 11.5 Å². The summed E-state index contributed by atoms with van der Waals surface area (Å²) in [4.78, 5) is 4.30. The molecule has 1 aliphatic rings. The van der Waals surface area contributed by atoms with E-state index in [1.807, 2.05) is 0 Å². The zero-order valence-electron chi connectivity index (χ0n) is 12.3. The predicted molar refractivity (Wildman–Crippen MR) is 92.8 cm³/mol. The smallest absolute Gasteiger partial charge is 0.191 e. The molecule has 0 saturated heterocycles. The van der Waals surface area contributed by atoms with Crippen LogP contribution in [0.25, 0.3) is 0 Å². The minimum Gasteiger partial charge on any atom is -0.497 e. The van der Waals surface area contributed by atoms with Gasteiger partial charge in [0.05, 0.1) is 20.3 Å². The van der Waals surface area contributed by atoms with Gasteiger partial charge in [-0.2, -0.15) is 0 Å². The molecule has 0 aliphatic carbocycles. The van der Waals surface area contributed by atoms with Gasteiger partial charge in [0.15, 0.2) is 5.96 Å². The van der Waals surface area contributed by atoms with Crippen molar-refractivity contribution in [2.24, 2.45) is 4.99 Å². The van der Waals surface area contributed by atoms with Crippen molar-refractivity contribution in [1.82, 2.24) is 10.6 Å². The molecule has 0 fully saturated rings. The second-order valence-electron chi connectivity index (χ2n) is 4.55. The molecule has 1 heterocycles. The van der Waals surface area contributed by atoms with Crippen molar-refractivity contribution < 1.29 is 14.6 Å². The Morgan fingerprint density at radius 1 is 1.29 bits per heavy atom. The third kappa shape index (κ3) is 5.24. The van der Waals surface area contributed by atoms with Crippen LogP contribution in [-0.4, -0.2) is 44.9 Å². The second kappa shape index (κ2) is 8.93. The molecule has 1 aromatic rings. The van der Waals surface area contributed by atoms with Crippen LogP contribution < -0.4 is 20.1 Å². The summed E-state index contributed by atoms with van der Waals surface area (Å²) in [6.45, 7) is 2.11. The van der Waals surface area contributed by atoms with Crippen LogP contribution in [0.4, 0.5) is 0 Å². The van der Waals surface area contributed by atoms with Gasteiger partial charge in [-0.1, -0.05) is 0 Å². The summed E-state index contributed by atoms with van der Waals surface area (Å²) >= 11 is 0. The molecule has 118 valence electrons. The molecule has 1 aliphatic heterocycles. The molecular weight excluding hydrogens is 385 g/mol. The van der Waals surface area contributed by atoms with E-state index < -0.39 is 6.10 Å². The minimum absolute atomic E-state index is 0. The Morgan fingerprint density at radius 2 is 1.95 bits per heavy atom. The van der Waals surface area contributed by atoms with E-state index >= 15 is 0 Å². The predicted octanol–water partition coefficient (Wildman–Crippen LogP) is 1.29. The molecule has 0 saturated carbocycles. The van der Waals surface area contributed by atoms with Gasteiger partial charge in [0.1, 0.15) is 11.5 Å². The summed E-state index contributed by atoms with van der Waals surface area (Å²) in [6.07, 6.45) is 0.381. The van der Waals surface area contributed by atoms with Gasteiger partial charge in [0, 0.05) is 25.7 Å². The molecule has 0 radical (unpaired) electrons. The molecule has 0 spiro atoms. The van der Waals surface area contributed by atoms with Crippen LogP contribution in [0.5, 0.6) is 11.5 Å². The van der Waals surface area contributed by atoms with E-state index in [0.29, 0.717) is 18.0 Å². The fourth-order valence-corrected chi connectivity index (χ4v) is 1.98. The first-order valence-electron chi connectivity index (χ1n) is 6.66. The van der Waals surface area contributed by atoms with Crippen LogP contribution in [0.2, 0.25) is 0 Å². The molecular formula is C14H22IN3O3. The summed E-state index contributed by atoms with van der Waals surface area (Å²) < 4.78 is 10.4. The standard InChI is InChI=1S/C14H21N3O3.HI/c1-19-11-6-10(7-12(8-11)20-2)13(18)9-17-14-15-4-3-5-16-14;/h6-8,13,18H,3-5,9H2,1-2H3,(H2,15,16,17);1H. The number of rotatable bonds is 5. The summed E-state index contributed by atoms with van der Waals surface area (Å²) in [7, 11) is 3.17. The van der Waals surface area contributed by atoms with Crippen LogP contribution in [0.15, 0.2) is 23.2 Å². The maximum absolute atomic E-state index is 10.2. The van der Waals surface area contributed by atoms with Gasteiger partial charge in [0.25, 0.3) is 0 Å². The van der Waals surface area contributed by atoms with E-state index in [4.69, 9.17) is 9.47 Å². The van der Waals surface area contributed by atoms with Crippen LogP contribution in [0, 0.1) is 0 Å². The van der Waals surface area contributed by atoms with E-state index in [1.165, 1.54) is 0 Å². The van der Waals surface area contributed by atoms with Gasteiger partial charge in [-0.25, -0.2) is 0 Å². The Bertz CT molecular complexity index is 460. The molecule has 1 aromatic carbocycles. The van der Waals surface area contributed by atoms with Gasteiger partial charge in [-0.15, -0.1) is 24.0 Å². The van der Waals surface area contributed by atoms with Gasteiger partial charge < -0.3 is 25.2 Å². The van der Waals surface area contributed by atoms with Gasteiger partial charge in [0.2, 0.25) is 0 Å². The number of ether oxygens (including phenoxy) is 2. The Kier molecular flexibility index (Phi) is 7.58. The average Bonchev–Trinajstić information content (AvgIpc) is 2.52. The number of halogens is 1. The summed E-state index contributed by atoms with van der Waals surface area (Å²) in [5, 5.41) is 16.5. The molecule has 3 N–H and O–H groups in total. The Balaban J connectivity index is 0.00000220. The van der Waals surface area contributed by atoms with Gasteiger partial charge >= 0.3 is 0 Å². The molecule has 0 aromatic heterocycles. The first-order chi connectivity index (χ1) is 9.72. The second-order valence-corrected chi connectivity index (χ2v) is 4.55. The minimum atomic E-state index is -0.662. The maximum atomic E-state index is 10.2. The number of nitrogens with one attached hydrogen (secondary N) is 2. The summed E-state index contributed by atoms with van der Waals surface area (Å²) in [5.41, 5.74) is 0.741. The largest absolute Gasteiger partial charge is 0.497 e. The number of hydrogen-bond donors (Lipinski definition) is 3. The fraction of sp³-hybridized carbons (Fsp3) is 0.500. The van der Waals surface area contributed by atoms with Crippen molar-refractivity contribution in [1.29, 1.82) is 0 Å². The van der Waals surface area contributed by atoms with E-state index in [-0.39, 0.29) is 24.0 Å². The van der Waals surface area contributed by atoms with Crippen LogP contribution in [0.3, 0.4) is 0 Å². The van der Waals surface area contributed by atoms with Crippen molar-refractivity contribution in [3.63, 3.8) is 0 Å². The van der Waals surface area contributed by atoms with E-state index in [9.17, 15) is 5.11 Å². The highest BCUT2D eigenvalue weighted by Crippen LogP contribution is 2.26. The van der Waals surface area contributed by atoms with Crippen molar-refractivity contribution in [3.05, 3.63) is 23.8 Å². The molecule has 2 rings (SSSR count). The lowest BCUT2D eigenvalue weighted by Gasteiger charge is -2.19. The van der Waals surface area contributed by atoms with E-state index in [0.717, 1.165) is 31.0 Å². The molecule has 1 atom stereocenters. The number of aliphatic hydroxyl groups is 1. The molecule has 21 heavy (non-hydrogen) atoms. The van der Waals surface area contributed by atoms with Crippen LogP contribution in [0.1, 0.15) is 18.1 Å². The average molecular weight is 407 g/mol. The highest BCUT2D eigenvalue weighted by molar-refractivity contribution is 14.0. The number of guanidine groups is 1. The number of methoxy groups -OCH3 is 2. The molecule has 1 unspecified atom stereocenters. The topological polar surface area (TPSA) is 75.1 Å². The van der Waals surface area contributed by atoms with Crippen LogP contribution in [-0.2, 0) is 0 Å². The summed E-state index contributed by atoms with van der Waals surface area (Å²) in [5.74, 6) is 2.06. The first-order valence-corrected chi connectivity index (χ1v) is 6.66. The summed E-state index contributed by atoms with van der Waals surface area (Å²) in [6, 6.07) is 5.37. The van der Waals surface area contributed by atoms with Gasteiger partial charge in [-0.3, -0.25) is 4.99 Å². The number of benzene rings is 1.